The lowest BCUT2D eigenvalue weighted by Gasteiger charge is -2.38. The van der Waals surface area contributed by atoms with E-state index in [1.807, 2.05) is 0 Å². The fourth-order valence-electron chi connectivity index (χ4n) is 3.47. The van der Waals surface area contributed by atoms with E-state index in [1.165, 1.54) is 22.3 Å². The third-order valence-corrected chi connectivity index (χ3v) is 4.50. The summed E-state index contributed by atoms with van der Waals surface area (Å²) >= 11 is 0. The van der Waals surface area contributed by atoms with Gasteiger partial charge in [0.15, 0.2) is 0 Å². The zero-order chi connectivity index (χ0) is 13.3. The lowest BCUT2D eigenvalue weighted by atomic mass is 9.65. The normalized spacial score (nSPS) is 21.2. The van der Waals surface area contributed by atoms with Gasteiger partial charge in [0.05, 0.1) is 0 Å². The fourth-order valence-corrected chi connectivity index (χ4v) is 3.47. The molecule has 0 spiro atoms. The second-order valence-electron chi connectivity index (χ2n) is 5.44. The Labute approximate surface area is 115 Å². The number of allylic oxidation sites excluding steroid dienone is 1. The van der Waals surface area contributed by atoms with Gasteiger partial charge in [-0.15, -0.1) is 0 Å². The average Bonchev–Trinajstić information content (AvgIpc) is 2.47. The molecule has 0 bridgehead atoms. The molecule has 2 aromatic carbocycles. The van der Waals surface area contributed by atoms with Crippen molar-refractivity contribution < 1.29 is 0 Å². The van der Waals surface area contributed by atoms with Gasteiger partial charge < -0.3 is 0 Å². The van der Waals surface area contributed by atoms with Crippen molar-refractivity contribution in [2.75, 3.05) is 0 Å². The highest BCUT2D eigenvalue weighted by atomic mass is 14.4. The van der Waals surface area contributed by atoms with Crippen LogP contribution in [-0.2, 0) is 5.41 Å². The molecule has 0 N–H and O–H groups in total. The molecule has 1 aliphatic carbocycles. The Kier molecular flexibility index (Phi) is 3.02. The molecule has 0 aromatic heterocycles. The molecule has 0 heteroatoms. The number of benzene rings is 2. The molecule has 0 amide bonds. The highest BCUT2D eigenvalue weighted by molar-refractivity contribution is 5.62. The summed E-state index contributed by atoms with van der Waals surface area (Å²) in [5, 5.41) is 0. The van der Waals surface area contributed by atoms with E-state index < -0.39 is 0 Å². The van der Waals surface area contributed by atoms with Gasteiger partial charge in [-0.1, -0.05) is 67.6 Å². The molecular weight excluding hydrogens is 228 g/mol. The summed E-state index contributed by atoms with van der Waals surface area (Å²) in [5.41, 5.74) is 5.88. The van der Waals surface area contributed by atoms with Gasteiger partial charge >= 0.3 is 0 Å². The smallest absolute Gasteiger partial charge is 0.0243 e. The van der Waals surface area contributed by atoms with Crippen molar-refractivity contribution >= 4 is 6.08 Å². The largest absolute Gasteiger partial charge is 0.0827 e. The first-order chi connectivity index (χ1) is 9.28. The van der Waals surface area contributed by atoms with E-state index in [-0.39, 0.29) is 5.41 Å². The highest BCUT2D eigenvalue weighted by Gasteiger charge is 2.35. The minimum Gasteiger partial charge on any atom is -0.0827 e. The Morgan fingerprint density at radius 3 is 2.37 bits per heavy atom. The molecule has 0 saturated heterocycles. The van der Waals surface area contributed by atoms with Gasteiger partial charge in [0.2, 0.25) is 0 Å². The molecule has 0 nitrogen and oxygen atoms in total. The van der Waals surface area contributed by atoms with Crippen LogP contribution in [-0.4, -0.2) is 0 Å². The van der Waals surface area contributed by atoms with Crippen LogP contribution >= 0.6 is 0 Å². The van der Waals surface area contributed by atoms with Gasteiger partial charge in [-0.25, -0.2) is 0 Å². The van der Waals surface area contributed by atoms with Crippen LogP contribution in [0.4, 0.5) is 0 Å². The number of aryl methyl sites for hydroxylation is 1. The molecule has 0 radical (unpaired) electrons. The predicted molar refractivity (Wildman–Crippen MR) is 82.3 cm³/mol. The van der Waals surface area contributed by atoms with Crippen molar-refractivity contribution in [2.24, 2.45) is 0 Å². The summed E-state index contributed by atoms with van der Waals surface area (Å²) in [6, 6.07) is 17.7. The van der Waals surface area contributed by atoms with Crippen molar-refractivity contribution in [3.8, 4) is 0 Å². The van der Waals surface area contributed by atoms with Gasteiger partial charge in [0, 0.05) is 5.41 Å². The Hall–Kier alpha value is -1.82. The highest BCUT2D eigenvalue weighted by Crippen LogP contribution is 2.44. The third kappa shape index (κ3) is 1.83. The minimum absolute atomic E-state index is 0.149. The first-order valence-corrected chi connectivity index (χ1v) is 7.10. The minimum atomic E-state index is 0.149. The first-order valence-electron chi connectivity index (χ1n) is 7.10. The van der Waals surface area contributed by atoms with Crippen LogP contribution in [0.2, 0.25) is 0 Å². The molecule has 1 atom stereocenters. The van der Waals surface area contributed by atoms with Crippen LogP contribution in [0, 0.1) is 6.92 Å². The molecular formula is C19H20. The number of fused-ring (bicyclic) bond motifs is 1. The fraction of sp³-hybridized carbons (Fsp3) is 0.263. The third-order valence-electron chi connectivity index (χ3n) is 4.50. The van der Waals surface area contributed by atoms with E-state index in [0.29, 0.717) is 0 Å². The maximum atomic E-state index is 2.33. The van der Waals surface area contributed by atoms with Crippen LogP contribution in [0.3, 0.4) is 0 Å². The molecule has 1 unspecified atom stereocenters. The van der Waals surface area contributed by atoms with Gasteiger partial charge in [-0.2, -0.15) is 0 Å². The van der Waals surface area contributed by atoms with E-state index in [2.05, 4.69) is 74.5 Å². The van der Waals surface area contributed by atoms with Crippen LogP contribution in [0.5, 0.6) is 0 Å². The summed E-state index contributed by atoms with van der Waals surface area (Å²) < 4.78 is 0. The quantitative estimate of drug-likeness (QED) is 0.693. The van der Waals surface area contributed by atoms with Crippen molar-refractivity contribution in [3.63, 3.8) is 0 Å². The molecule has 0 aliphatic heterocycles. The number of hydrogen-bond donors (Lipinski definition) is 0. The molecule has 19 heavy (non-hydrogen) atoms. The molecule has 3 rings (SSSR count). The van der Waals surface area contributed by atoms with Crippen molar-refractivity contribution in [1.29, 1.82) is 0 Å². The number of rotatable bonds is 2. The summed E-state index contributed by atoms with van der Waals surface area (Å²) in [6.07, 6.45) is 6.84. The molecule has 0 saturated carbocycles. The second kappa shape index (κ2) is 4.70. The van der Waals surface area contributed by atoms with Crippen LogP contribution in [0.15, 0.2) is 54.6 Å². The van der Waals surface area contributed by atoms with Crippen LogP contribution in [0.25, 0.3) is 6.08 Å². The summed E-state index contributed by atoms with van der Waals surface area (Å²) in [6.45, 7) is 4.54. The van der Waals surface area contributed by atoms with E-state index in [0.717, 1.165) is 12.8 Å². The monoisotopic (exact) mass is 248 g/mol. The van der Waals surface area contributed by atoms with Crippen LogP contribution < -0.4 is 0 Å². The van der Waals surface area contributed by atoms with Crippen LogP contribution in [0.1, 0.15) is 42.0 Å². The maximum Gasteiger partial charge on any atom is 0.0243 e. The molecule has 0 heterocycles. The molecule has 0 fully saturated rings. The summed E-state index contributed by atoms with van der Waals surface area (Å²) in [7, 11) is 0. The SMILES string of the molecule is CCC1(c2ccccc2C)CC=Cc2ccccc21. The Morgan fingerprint density at radius 2 is 1.63 bits per heavy atom. The summed E-state index contributed by atoms with van der Waals surface area (Å²) in [4.78, 5) is 0. The average molecular weight is 248 g/mol. The predicted octanol–water partition coefficient (Wildman–Crippen LogP) is 5.11. The first kappa shape index (κ1) is 12.2. The number of hydrogen-bond acceptors (Lipinski definition) is 0. The zero-order valence-corrected chi connectivity index (χ0v) is 11.7. The Morgan fingerprint density at radius 1 is 0.947 bits per heavy atom. The Balaban J connectivity index is 2.26. The lowest BCUT2D eigenvalue weighted by Crippen LogP contribution is -2.29. The van der Waals surface area contributed by atoms with Gasteiger partial charge in [-0.3, -0.25) is 0 Å². The van der Waals surface area contributed by atoms with Crippen molar-refractivity contribution in [2.45, 2.75) is 32.1 Å². The topological polar surface area (TPSA) is 0 Å². The summed E-state index contributed by atoms with van der Waals surface area (Å²) in [5.74, 6) is 0. The van der Waals surface area contributed by atoms with E-state index in [1.54, 1.807) is 0 Å². The Bertz CT molecular complexity index is 621. The maximum absolute atomic E-state index is 2.33. The van der Waals surface area contributed by atoms with Gasteiger partial charge in [0.25, 0.3) is 0 Å². The van der Waals surface area contributed by atoms with Gasteiger partial charge in [-0.05, 0) is 42.0 Å². The molecule has 2 aromatic rings. The van der Waals surface area contributed by atoms with E-state index >= 15 is 0 Å². The lowest BCUT2D eigenvalue weighted by molar-refractivity contribution is 0.495. The van der Waals surface area contributed by atoms with Gasteiger partial charge in [0.1, 0.15) is 0 Å². The van der Waals surface area contributed by atoms with E-state index in [4.69, 9.17) is 0 Å². The second-order valence-corrected chi connectivity index (χ2v) is 5.44. The van der Waals surface area contributed by atoms with E-state index in [9.17, 15) is 0 Å². The molecule has 96 valence electrons. The van der Waals surface area contributed by atoms with Crippen molar-refractivity contribution in [3.05, 3.63) is 76.9 Å². The zero-order valence-electron chi connectivity index (χ0n) is 11.7. The van der Waals surface area contributed by atoms with Crippen molar-refractivity contribution in [1.82, 2.24) is 0 Å². The molecule has 1 aliphatic rings. The standard InChI is InChI=1S/C19H20/c1-3-19(17-12-6-4-9-15(17)2)14-8-11-16-10-5-7-13-18(16)19/h4-13H,3,14H2,1-2H3.